The van der Waals surface area contributed by atoms with E-state index in [1.165, 1.54) is 0 Å². The Bertz CT molecular complexity index is 457. The molecule has 0 radical (unpaired) electrons. The van der Waals surface area contributed by atoms with E-state index in [0.717, 1.165) is 15.7 Å². The van der Waals surface area contributed by atoms with Gasteiger partial charge in [0.05, 0.1) is 12.3 Å². The maximum absolute atomic E-state index is 11.5. The van der Waals surface area contributed by atoms with Crippen LogP contribution < -0.4 is 5.43 Å². The number of benzene rings is 1. The second kappa shape index (κ2) is 4.65. The third-order valence-corrected chi connectivity index (χ3v) is 2.74. The molecule has 0 saturated heterocycles. The summed E-state index contributed by atoms with van der Waals surface area (Å²) in [4.78, 5) is 11.5. The molecule has 0 aromatic heterocycles. The van der Waals surface area contributed by atoms with Crippen LogP contribution in [0.4, 0.5) is 5.69 Å². The zero-order valence-electron chi connectivity index (χ0n) is 8.79. The summed E-state index contributed by atoms with van der Waals surface area (Å²) in [7, 11) is 0. The maximum atomic E-state index is 11.5. The molecule has 16 heavy (non-hydrogen) atoms. The average molecular weight is 283 g/mol. The quantitative estimate of drug-likeness (QED) is 0.847. The van der Waals surface area contributed by atoms with Crippen molar-refractivity contribution in [3.8, 4) is 0 Å². The second-order valence-corrected chi connectivity index (χ2v) is 4.28. The molecule has 0 atom stereocenters. The zero-order chi connectivity index (χ0) is 11.5. The molecule has 0 unspecified atom stereocenters. The monoisotopic (exact) mass is 282 g/mol. The summed E-state index contributed by atoms with van der Waals surface area (Å²) in [6.45, 7) is 2.14. The van der Waals surface area contributed by atoms with Gasteiger partial charge < -0.3 is 4.74 Å². The number of halogens is 1. The van der Waals surface area contributed by atoms with Crippen LogP contribution in [-0.2, 0) is 16.0 Å². The van der Waals surface area contributed by atoms with Crippen LogP contribution >= 0.6 is 15.9 Å². The molecule has 1 N–H and O–H groups in total. The van der Waals surface area contributed by atoms with Crippen LogP contribution in [0.25, 0.3) is 0 Å². The fourth-order valence-corrected chi connectivity index (χ4v) is 1.91. The minimum absolute atomic E-state index is 0.361. The lowest BCUT2D eigenvalue weighted by atomic mass is 10.1. The highest BCUT2D eigenvalue weighted by Gasteiger charge is 2.19. The van der Waals surface area contributed by atoms with Gasteiger partial charge in [0, 0.05) is 10.9 Å². The number of hydrogen-bond donors (Lipinski definition) is 1. The Morgan fingerprint density at radius 3 is 3.19 bits per heavy atom. The molecule has 0 spiro atoms. The second-order valence-electron chi connectivity index (χ2n) is 3.37. The van der Waals surface area contributed by atoms with Gasteiger partial charge in [-0.15, -0.1) is 0 Å². The first-order valence-corrected chi connectivity index (χ1v) is 5.78. The number of rotatable bonds is 2. The minimum atomic E-state index is -0.361. The molecule has 0 aliphatic carbocycles. The number of anilines is 1. The number of hydrogen-bond acceptors (Lipinski definition) is 4. The van der Waals surface area contributed by atoms with E-state index in [4.69, 9.17) is 4.74 Å². The standard InChI is InChI=1S/C11H11BrN2O2/c1-2-16-11(15)10-6-7-5-8(12)3-4-9(7)13-14-10/h3-5,13H,2,6H2,1H3. The largest absolute Gasteiger partial charge is 0.461 e. The normalized spacial score (nSPS) is 13.5. The van der Waals surface area contributed by atoms with Crippen LogP contribution in [0.2, 0.25) is 0 Å². The van der Waals surface area contributed by atoms with E-state index in [1.54, 1.807) is 6.92 Å². The van der Waals surface area contributed by atoms with Crippen molar-refractivity contribution in [3.63, 3.8) is 0 Å². The molecule has 1 aromatic rings. The van der Waals surface area contributed by atoms with Crippen molar-refractivity contribution in [2.24, 2.45) is 5.10 Å². The first-order valence-electron chi connectivity index (χ1n) is 4.99. The number of carbonyl (C=O) groups is 1. The van der Waals surface area contributed by atoms with Crippen molar-refractivity contribution < 1.29 is 9.53 Å². The first-order chi connectivity index (χ1) is 7.70. The van der Waals surface area contributed by atoms with E-state index in [9.17, 15) is 4.79 Å². The molecule has 0 saturated carbocycles. The Kier molecular flexibility index (Phi) is 3.24. The predicted molar refractivity (Wildman–Crippen MR) is 65.5 cm³/mol. The smallest absolute Gasteiger partial charge is 0.354 e. The molecule has 4 nitrogen and oxygen atoms in total. The van der Waals surface area contributed by atoms with Crippen LogP contribution in [0.1, 0.15) is 12.5 Å². The van der Waals surface area contributed by atoms with Crippen molar-refractivity contribution in [1.29, 1.82) is 0 Å². The summed E-state index contributed by atoms with van der Waals surface area (Å²) in [6.07, 6.45) is 0.501. The number of fused-ring (bicyclic) bond motifs is 1. The van der Waals surface area contributed by atoms with Crippen LogP contribution in [0.15, 0.2) is 27.8 Å². The fraction of sp³-hybridized carbons (Fsp3) is 0.273. The molecular weight excluding hydrogens is 272 g/mol. The topological polar surface area (TPSA) is 50.7 Å². The van der Waals surface area contributed by atoms with Crippen molar-refractivity contribution in [3.05, 3.63) is 28.2 Å². The average Bonchev–Trinajstić information content (AvgIpc) is 2.28. The lowest BCUT2D eigenvalue weighted by Gasteiger charge is -2.16. The summed E-state index contributed by atoms with van der Waals surface area (Å²) >= 11 is 3.39. The predicted octanol–water partition coefficient (Wildman–Crippen LogP) is 2.34. The van der Waals surface area contributed by atoms with Gasteiger partial charge in [0.1, 0.15) is 5.71 Å². The van der Waals surface area contributed by atoms with E-state index >= 15 is 0 Å². The molecule has 1 heterocycles. The molecule has 84 valence electrons. The highest BCUT2D eigenvalue weighted by atomic mass is 79.9. The van der Waals surface area contributed by atoms with Gasteiger partial charge in [-0.25, -0.2) is 4.79 Å². The molecule has 1 aromatic carbocycles. The number of nitrogens with zero attached hydrogens (tertiary/aromatic N) is 1. The van der Waals surface area contributed by atoms with Crippen LogP contribution in [0.5, 0.6) is 0 Å². The third kappa shape index (κ3) is 2.24. The SMILES string of the molecule is CCOC(=O)C1=NNc2ccc(Br)cc2C1. The van der Waals surface area contributed by atoms with Gasteiger partial charge in [-0.2, -0.15) is 5.10 Å². The lowest BCUT2D eigenvalue weighted by molar-refractivity contribution is -0.135. The number of carbonyl (C=O) groups excluding carboxylic acids is 1. The molecule has 0 fully saturated rings. The van der Waals surface area contributed by atoms with Gasteiger partial charge >= 0.3 is 5.97 Å². The summed E-state index contributed by atoms with van der Waals surface area (Å²) in [5, 5.41) is 4.00. The van der Waals surface area contributed by atoms with Gasteiger partial charge in [-0.3, -0.25) is 5.43 Å². The maximum Gasteiger partial charge on any atom is 0.354 e. The highest BCUT2D eigenvalue weighted by Crippen LogP contribution is 2.24. The molecule has 1 aliphatic rings. The molecule has 2 rings (SSSR count). The Morgan fingerprint density at radius 1 is 1.62 bits per heavy atom. The van der Waals surface area contributed by atoms with Gasteiger partial charge in [0.25, 0.3) is 0 Å². The van der Waals surface area contributed by atoms with E-state index in [2.05, 4.69) is 26.5 Å². The Hall–Kier alpha value is -1.36. The molecule has 1 aliphatic heterocycles. The number of ether oxygens (including phenoxy) is 1. The van der Waals surface area contributed by atoms with Crippen molar-refractivity contribution in [2.45, 2.75) is 13.3 Å². The highest BCUT2D eigenvalue weighted by molar-refractivity contribution is 9.10. The van der Waals surface area contributed by atoms with E-state index in [0.29, 0.717) is 18.7 Å². The van der Waals surface area contributed by atoms with E-state index < -0.39 is 0 Å². The van der Waals surface area contributed by atoms with E-state index in [-0.39, 0.29) is 5.97 Å². The molecule has 0 amide bonds. The van der Waals surface area contributed by atoms with Crippen molar-refractivity contribution in [2.75, 3.05) is 12.0 Å². The lowest BCUT2D eigenvalue weighted by Crippen LogP contribution is -2.24. The summed E-state index contributed by atoms with van der Waals surface area (Å²) < 4.78 is 5.89. The van der Waals surface area contributed by atoms with Gasteiger partial charge in [0.2, 0.25) is 0 Å². The molecule has 0 bridgehead atoms. The summed E-state index contributed by atoms with van der Waals surface area (Å²) in [6, 6.07) is 5.82. The van der Waals surface area contributed by atoms with Crippen molar-refractivity contribution in [1.82, 2.24) is 0 Å². The Labute approximate surface area is 102 Å². The summed E-state index contributed by atoms with van der Waals surface area (Å²) in [5.74, 6) is -0.361. The fourth-order valence-electron chi connectivity index (χ4n) is 1.50. The van der Waals surface area contributed by atoms with Gasteiger partial charge in [0.15, 0.2) is 0 Å². The number of nitrogens with one attached hydrogen (secondary N) is 1. The zero-order valence-corrected chi connectivity index (χ0v) is 10.4. The first kappa shape index (κ1) is 11.1. The Balaban J connectivity index is 2.20. The van der Waals surface area contributed by atoms with Crippen LogP contribution in [0.3, 0.4) is 0 Å². The van der Waals surface area contributed by atoms with Crippen molar-refractivity contribution >= 4 is 33.3 Å². The van der Waals surface area contributed by atoms with Gasteiger partial charge in [-0.1, -0.05) is 15.9 Å². The van der Waals surface area contributed by atoms with Crippen LogP contribution in [0, 0.1) is 0 Å². The minimum Gasteiger partial charge on any atom is -0.461 e. The molecule has 5 heteroatoms. The Morgan fingerprint density at radius 2 is 2.44 bits per heavy atom. The number of hydrazone groups is 1. The van der Waals surface area contributed by atoms with E-state index in [1.807, 2.05) is 18.2 Å². The number of esters is 1. The third-order valence-electron chi connectivity index (χ3n) is 2.25. The van der Waals surface area contributed by atoms with Gasteiger partial charge in [-0.05, 0) is 30.7 Å². The summed E-state index contributed by atoms with van der Waals surface area (Å²) in [5.41, 5.74) is 5.22. The van der Waals surface area contributed by atoms with Crippen LogP contribution in [-0.4, -0.2) is 18.3 Å². The molecular formula is C11H11BrN2O2.